The first-order valence-corrected chi connectivity index (χ1v) is 10.7. The lowest BCUT2D eigenvalue weighted by Crippen LogP contribution is -2.33. The van der Waals surface area contributed by atoms with Crippen molar-refractivity contribution in [2.45, 2.75) is 43.7 Å². The average molecular weight is 407 g/mol. The number of amides is 1. The first kappa shape index (κ1) is 19.9. The van der Waals surface area contributed by atoms with Gasteiger partial charge in [0.1, 0.15) is 0 Å². The highest BCUT2D eigenvalue weighted by atomic mass is 35.5. The summed E-state index contributed by atoms with van der Waals surface area (Å²) in [7, 11) is -2.17. The smallest absolute Gasteiger partial charge is 0.253 e. The van der Waals surface area contributed by atoms with E-state index in [0.717, 1.165) is 18.4 Å². The van der Waals surface area contributed by atoms with Gasteiger partial charge in [-0.05, 0) is 56.0 Å². The predicted octanol–water partition coefficient (Wildman–Crippen LogP) is 3.79. The van der Waals surface area contributed by atoms with Gasteiger partial charge in [-0.3, -0.25) is 4.79 Å². The van der Waals surface area contributed by atoms with E-state index in [1.165, 1.54) is 35.1 Å². The normalized spacial score (nSPS) is 16.6. The number of carbonyl (C=O) groups excluding carboxylic acids is 1. The summed E-state index contributed by atoms with van der Waals surface area (Å²) >= 11 is 6.20. The fraction of sp³-hybridized carbons (Fsp3) is 0.350. The van der Waals surface area contributed by atoms with Crippen molar-refractivity contribution >= 4 is 27.5 Å². The lowest BCUT2D eigenvalue weighted by Gasteiger charge is -2.21. The Morgan fingerprint density at radius 1 is 1.22 bits per heavy atom. The lowest BCUT2D eigenvalue weighted by molar-refractivity contribution is 0.0936. The van der Waals surface area contributed by atoms with Crippen molar-refractivity contribution in [2.75, 3.05) is 7.05 Å². The average Bonchev–Trinajstić information content (AvgIpc) is 3.04. The van der Waals surface area contributed by atoms with E-state index in [2.05, 4.69) is 11.4 Å². The first-order valence-electron chi connectivity index (χ1n) is 8.88. The second kappa shape index (κ2) is 7.62. The number of carbonyl (C=O) groups is 1. The number of nitrogens with one attached hydrogen (secondary N) is 1. The molecule has 144 valence electrons. The summed E-state index contributed by atoms with van der Waals surface area (Å²) in [5, 5.41) is 3.22. The molecule has 1 atom stereocenters. The molecule has 0 aliphatic heterocycles. The minimum Gasteiger partial charge on any atom is -0.345 e. The van der Waals surface area contributed by atoms with Crippen LogP contribution in [0.5, 0.6) is 0 Å². The lowest BCUT2D eigenvalue weighted by atomic mass is 10.1. The third-order valence-electron chi connectivity index (χ3n) is 5.02. The summed E-state index contributed by atoms with van der Waals surface area (Å²) in [5.74, 6) is -0.369. The van der Waals surface area contributed by atoms with Gasteiger partial charge in [0, 0.05) is 13.1 Å². The molecule has 5 nitrogen and oxygen atoms in total. The van der Waals surface area contributed by atoms with Crippen LogP contribution in [0.15, 0.2) is 47.4 Å². The molecule has 27 heavy (non-hydrogen) atoms. The van der Waals surface area contributed by atoms with Gasteiger partial charge < -0.3 is 5.32 Å². The topological polar surface area (TPSA) is 66.5 Å². The van der Waals surface area contributed by atoms with Crippen LogP contribution in [0.3, 0.4) is 0 Å². The zero-order chi connectivity index (χ0) is 19.8. The quantitative estimate of drug-likeness (QED) is 0.821. The molecule has 0 saturated heterocycles. The highest BCUT2D eigenvalue weighted by Crippen LogP contribution is 2.31. The fourth-order valence-corrected chi connectivity index (χ4v) is 4.82. The van der Waals surface area contributed by atoms with Crippen molar-refractivity contribution in [3.63, 3.8) is 0 Å². The Bertz CT molecular complexity index is 973. The Hall–Kier alpha value is -1.89. The minimum atomic E-state index is -3.69. The molecule has 1 aliphatic rings. The van der Waals surface area contributed by atoms with Gasteiger partial charge in [-0.25, -0.2) is 8.42 Å². The summed E-state index contributed by atoms with van der Waals surface area (Å²) in [6, 6.07) is 12.0. The molecule has 0 bridgehead atoms. The third kappa shape index (κ3) is 3.88. The second-order valence-corrected chi connectivity index (χ2v) is 9.42. The number of nitrogens with zero attached hydrogens (tertiary/aromatic N) is 1. The summed E-state index contributed by atoms with van der Waals surface area (Å²) in [5.41, 5.74) is 2.49. The van der Waals surface area contributed by atoms with Gasteiger partial charge >= 0.3 is 0 Å². The molecule has 0 radical (unpaired) electrons. The van der Waals surface area contributed by atoms with E-state index in [1.807, 2.05) is 18.2 Å². The van der Waals surface area contributed by atoms with E-state index < -0.39 is 10.0 Å². The number of sulfonamides is 1. The molecule has 1 amide bonds. The maximum Gasteiger partial charge on any atom is 0.253 e. The molecular weight excluding hydrogens is 384 g/mol. The van der Waals surface area contributed by atoms with Crippen molar-refractivity contribution in [1.82, 2.24) is 9.62 Å². The van der Waals surface area contributed by atoms with E-state index in [9.17, 15) is 13.2 Å². The number of hydrogen-bond acceptors (Lipinski definition) is 3. The van der Waals surface area contributed by atoms with Crippen molar-refractivity contribution in [2.24, 2.45) is 0 Å². The van der Waals surface area contributed by atoms with E-state index in [4.69, 9.17) is 11.6 Å². The molecule has 0 aromatic heterocycles. The van der Waals surface area contributed by atoms with Crippen LogP contribution in [-0.2, 0) is 16.4 Å². The molecule has 0 spiro atoms. The van der Waals surface area contributed by atoms with Crippen LogP contribution in [0.25, 0.3) is 0 Å². The molecule has 0 heterocycles. The standard InChI is InChI=1S/C20H23ClN2O3S/c1-13(2)23(3)27(25,26)15-9-10-18(21)17(12-15)20(24)22-19-11-8-14-6-4-5-7-16(14)19/h4-7,9-10,12-13,19H,8,11H2,1-3H3,(H,22,24). The Morgan fingerprint density at radius 3 is 2.63 bits per heavy atom. The molecule has 1 unspecified atom stereocenters. The van der Waals surface area contributed by atoms with Gasteiger partial charge in [0.25, 0.3) is 5.91 Å². The summed E-state index contributed by atoms with van der Waals surface area (Å²) < 4.78 is 26.7. The molecule has 7 heteroatoms. The van der Waals surface area contributed by atoms with Crippen molar-refractivity contribution in [1.29, 1.82) is 0 Å². The fourth-order valence-electron chi connectivity index (χ4n) is 3.23. The van der Waals surface area contributed by atoms with Gasteiger partial charge in [-0.15, -0.1) is 0 Å². The van der Waals surface area contributed by atoms with Gasteiger partial charge in [-0.1, -0.05) is 35.9 Å². The van der Waals surface area contributed by atoms with Crippen LogP contribution in [0.4, 0.5) is 0 Å². The van der Waals surface area contributed by atoms with Crippen LogP contribution < -0.4 is 5.32 Å². The number of fused-ring (bicyclic) bond motifs is 1. The number of aryl methyl sites for hydroxylation is 1. The number of hydrogen-bond donors (Lipinski definition) is 1. The molecule has 0 saturated carbocycles. The van der Waals surface area contributed by atoms with Crippen LogP contribution in [0.2, 0.25) is 5.02 Å². The van der Waals surface area contributed by atoms with Crippen molar-refractivity contribution < 1.29 is 13.2 Å². The summed E-state index contributed by atoms with van der Waals surface area (Å²) in [4.78, 5) is 12.9. The molecule has 2 aromatic rings. The van der Waals surface area contributed by atoms with Gasteiger partial charge in [-0.2, -0.15) is 4.31 Å². The molecule has 3 rings (SSSR count). The van der Waals surface area contributed by atoms with Crippen LogP contribution in [0, 0.1) is 0 Å². The number of halogens is 1. The van der Waals surface area contributed by atoms with E-state index in [1.54, 1.807) is 13.8 Å². The molecular formula is C20H23ClN2O3S. The zero-order valence-corrected chi connectivity index (χ0v) is 17.1. The monoisotopic (exact) mass is 406 g/mol. The van der Waals surface area contributed by atoms with Crippen molar-refractivity contribution in [3.05, 3.63) is 64.2 Å². The van der Waals surface area contributed by atoms with Crippen LogP contribution >= 0.6 is 11.6 Å². The zero-order valence-electron chi connectivity index (χ0n) is 15.6. The summed E-state index contributed by atoms with van der Waals surface area (Å²) in [6.07, 6.45) is 1.72. The van der Waals surface area contributed by atoms with Gasteiger partial charge in [0.15, 0.2) is 0 Å². The van der Waals surface area contributed by atoms with Gasteiger partial charge in [0.2, 0.25) is 10.0 Å². The SMILES string of the molecule is CC(C)N(C)S(=O)(=O)c1ccc(Cl)c(C(=O)NC2CCc3ccccc32)c1. The Morgan fingerprint density at radius 2 is 1.93 bits per heavy atom. The van der Waals surface area contributed by atoms with E-state index in [-0.39, 0.29) is 33.5 Å². The predicted molar refractivity (Wildman–Crippen MR) is 107 cm³/mol. The maximum absolute atomic E-state index is 12.8. The van der Waals surface area contributed by atoms with Crippen LogP contribution in [0.1, 0.15) is 47.8 Å². The highest BCUT2D eigenvalue weighted by molar-refractivity contribution is 7.89. The highest BCUT2D eigenvalue weighted by Gasteiger charge is 2.27. The molecule has 1 aliphatic carbocycles. The maximum atomic E-state index is 12.8. The number of rotatable bonds is 5. The third-order valence-corrected chi connectivity index (χ3v) is 7.38. The Labute approximate surface area is 165 Å². The second-order valence-electron chi connectivity index (χ2n) is 7.02. The Balaban J connectivity index is 1.88. The first-order chi connectivity index (χ1) is 12.7. The van der Waals surface area contributed by atoms with E-state index >= 15 is 0 Å². The molecule has 2 aromatic carbocycles. The van der Waals surface area contributed by atoms with Crippen molar-refractivity contribution in [3.8, 4) is 0 Å². The minimum absolute atomic E-state index is 0.0556. The number of benzene rings is 2. The van der Waals surface area contributed by atoms with Gasteiger partial charge in [0.05, 0.1) is 21.5 Å². The van der Waals surface area contributed by atoms with Crippen LogP contribution in [-0.4, -0.2) is 31.7 Å². The molecule has 0 fully saturated rings. The summed E-state index contributed by atoms with van der Waals surface area (Å²) in [6.45, 7) is 3.58. The largest absolute Gasteiger partial charge is 0.345 e. The van der Waals surface area contributed by atoms with E-state index in [0.29, 0.717) is 0 Å². The molecule has 1 N–H and O–H groups in total. The Kier molecular flexibility index (Phi) is 5.60.